The molecule has 0 aromatic heterocycles. The Hall–Kier alpha value is -0.270. The number of nitrogens with zero attached hydrogens (tertiary/aromatic N) is 1. The number of rotatable bonds is 9. The molecule has 0 radical (unpaired) electrons. The van der Waals surface area contributed by atoms with Crippen LogP contribution in [-0.4, -0.2) is 33.2 Å². The summed E-state index contributed by atoms with van der Waals surface area (Å²) in [6.07, 6.45) is 4.15. The quantitative estimate of drug-likeness (QED) is 0.523. The Morgan fingerprint density at radius 3 is 2.14 bits per heavy atom. The van der Waals surface area contributed by atoms with E-state index >= 15 is 0 Å². The first-order valence-corrected chi connectivity index (χ1v) is 8.78. The third-order valence-electron chi connectivity index (χ3n) is 3.35. The van der Waals surface area contributed by atoms with Crippen LogP contribution in [0.25, 0.3) is 0 Å². The van der Waals surface area contributed by atoms with Crippen LogP contribution in [0.1, 0.15) is 41.0 Å². The second-order valence-electron chi connectivity index (χ2n) is 5.00. The summed E-state index contributed by atoms with van der Waals surface area (Å²) in [7, 11) is -2.65. The standard InChI is InChI=1S/C15H25NO4S.Na.H/c1-4-6-10-16(11-7-5-2)14-12-13(21(17,18)19)8-9-15(14)20-3;;/h8-9,12H,4-7,10-11H2,1-3H3,(H,17,18,19);;/q;+1;-1. The van der Waals surface area contributed by atoms with Gasteiger partial charge in [0, 0.05) is 13.1 Å². The topological polar surface area (TPSA) is 66.8 Å². The van der Waals surface area contributed by atoms with Crippen molar-refractivity contribution in [3.05, 3.63) is 18.2 Å². The summed E-state index contributed by atoms with van der Waals surface area (Å²) >= 11 is 0. The van der Waals surface area contributed by atoms with E-state index in [1.54, 1.807) is 13.2 Å². The summed E-state index contributed by atoms with van der Waals surface area (Å²) in [6, 6.07) is 4.43. The molecule has 0 spiro atoms. The number of methoxy groups -OCH3 is 1. The van der Waals surface area contributed by atoms with Crippen molar-refractivity contribution in [2.24, 2.45) is 0 Å². The third kappa shape index (κ3) is 6.46. The Kier molecular flexibility index (Phi) is 10.4. The molecule has 0 saturated heterocycles. The molecule has 0 bridgehead atoms. The normalized spacial score (nSPS) is 10.9. The fraction of sp³-hybridized carbons (Fsp3) is 0.600. The zero-order valence-electron chi connectivity index (χ0n) is 15.0. The maximum absolute atomic E-state index is 11.3. The van der Waals surface area contributed by atoms with E-state index < -0.39 is 10.1 Å². The van der Waals surface area contributed by atoms with Crippen molar-refractivity contribution < 1.29 is 48.7 Å². The number of ether oxygens (including phenoxy) is 1. The molecule has 0 aliphatic rings. The van der Waals surface area contributed by atoms with E-state index in [2.05, 4.69) is 18.7 Å². The van der Waals surface area contributed by atoms with Gasteiger partial charge in [-0.25, -0.2) is 0 Å². The molecule has 1 aromatic carbocycles. The summed E-state index contributed by atoms with van der Waals surface area (Å²) < 4.78 is 37.2. The average molecular weight is 339 g/mol. The summed E-state index contributed by atoms with van der Waals surface area (Å²) in [5.41, 5.74) is 0.717. The Bertz CT molecular complexity index is 546. The van der Waals surface area contributed by atoms with E-state index in [1.165, 1.54) is 12.1 Å². The minimum absolute atomic E-state index is 0. The molecular weight excluding hydrogens is 313 g/mol. The smallest absolute Gasteiger partial charge is 1.00 e. The molecule has 1 rings (SSSR count). The molecule has 0 unspecified atom stereocenters. The number of unbranched alkanes of at least 4 members (excludes halogenated alkanes) is 2. The zero-order valence-corrected chi connectivity index (χ0v) is 16.8. The Morgan fingerprint density at radius 2 is 1.73 bits per heavy atom. The van der Waals surface area contributed by atoms with Gasteiger partial charge < -0.3 is 11.1 Å². The van der Waals surface area contributed by atoms with Gasteiger partial charge >= 0.3 is 29.6 Å². The van der Waals surface area contributed by atoms with Crippen molar-refractivity contribution >= 4 is 15.8 Å². The first kappa shape index (κ1) is 21.7. The molecule has 0 amide bonds. The summed E-state index contributed by atoms with van der Waals surface area (Å²) in [5, 5.41) is 0. The summed E-state index contributed by atoms with van der Waals surface area (Å²) in [4.78, 5) is 2.02. The first-order chi connectivity index (χ1) is 9.93. The van der Waals surface area contributed by atoms with Gasteiger partial charge in [-0.05, 0) is 31.0 Å². The maximum atomic E-state index is 11.3. The molecule has 0 saturated carbocycles. The Balaban J connectivity index is 0. The average Bonchev–Trinajstić information content (AvgIpc) is 2.46. The van der Waals surface area contributed by atoms with Crippen LogP contribution < -0.4 is 39.2 Å². The minimum atomic E-state index is -4.21. The predicted octanol–water partition coefficient (Wildman–Crippen LogP) is 0.465. The Morgan fingerprint density at radius 1 is 1.18 bits per heavy atom. The molecular formula is C15H26NNaO4S. The van der Waals surface area contributed by atoms with Gasteiger partial charge in [0.25, 0.3) is 10.1 Å². The zero-order chi connectivity index (χ0) is 15.9. The van der Waals surface area contributed by atoms with Crippen molar-refractivity contribution in [1.82, 2.24) is 0 Å². The van der Waals surface area contributed by atoms with E-state index in [-0.39, 0.29) is 35.9 Å². The maximum Gasteiger partial charge on any atom is 1.00 e. The van der Waals surface area contributed by atoms with Crippen LogP contribution in [0.3, 0.4) is 0 Å². The first-order valence-electron chi connectivity index (χ1n) is 7.34. The van der Waals surface area contributed by atoms with E-state index in [1.807, 2.05) is 0 Å². The van der Waals surface area contributed by atoms with Crippen molar-refractivity contribution in [3.8, 4) is 5.75 Å². The summed E-state index contributed by atoms with van der Waals surface area (Å²) in [6.45, 7) is 5.90. The van der Waals surface area contributed by atoms with Gasteiger partial charge in [0.1, 0.15) is 5.75 Å². The van der Waals surface area contributed by atoms with Crippen LogP contribution in [0.5, 0.6) is 5.75 Å². The van der Waals surface area contributed by atoms with Gasteiger partial charge in [-0.2, -0.15) is 8.42 Å². The number of benzene rings is 1. The molecule has 0 aliphatic carbocycles. The molecule has 0 atom stereocenters. The van der Waals surface area contributed by atoms with Crippen LogP contribution >= 0.6 is 0 Å². The van der Waals surface area contributed by atoms with Gasteiger partial charge in [-0.1, -0.05) is 26.7 Å². The van der Waals surface area contributed by atoms with Gasteiger partial charge in [-0.15, -0.1) is 0 Å². The molecule has 1 aromatic rings. The molecule has 7 heteroatoms. The number of anilines is 1. The van der Waals surface area contributed by atoms with Gasteiger partial charge in [0.15, 0.2) is 0 Å². The van der Waals surface area contributed by atoms with E-state index in [0.29, 0.717) is 5.75 Å². The minimum Gasteiger partial charge on any atom is -1.00 e. The van der Waals surface area contributed by atoms with Crippen LogP contribution in [0, 0.1) is 0 Å². The second-order valence-corrected chi connectivity index (χ2v) is 6.42. The molecule has 1 N–H and O–H groups in total. The van der Waals surface area contributed by atoms with Gasteiger partial charge in [0.2, 0.25) is 0 Å². The molecule has 22 heavy (non-hydrogen) atoms. The van der Waals surface area contributed by atoms with Crippen molar-refractivity contribution in [3.63, 3.8) is 0 Å². The van der Waals surface area contributed by atoms with E-state index in [9.17, 15) is 13.0 Å². The SMILES string of the molecule is CCCCN(CCCC)c1cc(S(=O)(=O)O)ccc1OC.[H-].[Na+]. The van der Waals surface area contributed by atoms with Crippen LogP contribution in [0.4, 0.5) is 5.69 Å². The third-order valence-corrected chi connectivity index (χ3v) is 4.20. The molecule has 122 valence electrons. The fourth-order valence-electron chi connectivity index (χ4n) is 2.13. The van der Waals surface area contributed by atoms with Crippen molar-refractivity contribution in [2.45, 2.75) is 44.4 Å². The molecule has 5 nitrogen and oxygen atoms in total. The fourth-order valence-corrected chi connectivity index (χ4v) is 2.63. The summed E-state index contributed by atoms with van der Waals surface area (Å²) in [5.74, 6) is 0.620. The van der Waals surface area contributed by atoms with E-state index in [4.69, 9.17) is 4.74 Å². The van der Waals surface area contributed by atoms with Gasteiger partial charge in [0.05, 0.1) is 17.7 Å². The van der Waals surface area contributed by atoms with Crippen molar-refractivity contribution in [1.29, 1.82) is 0 Å². The number of hydrogen-bond acceptors (Lipinski definition) is 4. The molecule has 0 aliphatic heterocycles. The van der Waals surface area contributed by atoms with Crippen LogP contribution in [-0.2, 0) is 10.1 Å². The number of hydrogen-bond donors (Lipinski definition) is 1. The second kappa shape index (κ2) is 10.5. The largest absolute Gasteiger partial charge is 1.00 e. The molecule has 0 fully saturated rings. The predicted molar refractivity (Wildman–Crippen MR) is 85.9 cm³/mol. The van der Waals surface area contributed by atoms with Crippen molar-refractivity contribution in [2.75, 3.05) is 25.1 Å². The van der Waals surface area contributed by atoms with Crippen LogP contribution in [0.2, 0.25) is 0 Å². The Labute approximate surface area is 157 Å². The monoisotopic (exact) mass is 339 g/mol. The van der Waals surface area contributed by atoms with Gasteiger partial charge in [-0.3, -0.25) is 4.55 Å². The molecule has 0 heterocycles. The van der Waals surface area contributed by atoms with E-state index in [0.717, 1.165) is 44.5 Å². The van der Waals surface area contributed by atoms with Crippen LogP contribution in [0.15, 0.2) is 23.1 Å².